The molecular weight excluding hydrogens is 412 g/mol. The van der Waals surface area contributed by atoms with Crippen molar-refractivity contribution in [1.29, 1.82) is 0 Å². The first-order valence-electron chi connectivity index (χ1n) is 10.2. The first kappa shape index (κ1) is 22.4. The Morgan fingerprint density at radius 2 is 1.77 bits per heavy atom. The molecule has 0 atom stereocenters. The van der Waals surface area contributed by atoms with E-state index in [1.165, 1.54) is 0 Å². The van der Waals surface area contributed by atoms with E-state index in [0.717, 1.165) is 29.7 Å². The maximum Gasteiger partial charge on any atom is 0.271 e. The van der Waals surface area contributed by atoms with Crippen molar-refractivity contribution in [3.63, 3.8) is 0 Å². The van der Waals surface area contributed by atoms with E-state index in [9.17, 15) is 4.79 Å². The van der Waals surface area contributed by atoms with Crippen LogP contribution in [0.25, 0.3) is 0 Å². The van der Waals surface area contributed by atoms with Crippen molar-refractivity contribution in [1.82, 2.24) is 5.43 Å². The summed E-state index contributed by atoms with van der Waals surface area (Å²) < 4.78 is 11.4. The molecule has 0 aliphatic rings. The third-order valence-corrected chi connectivity index (χ3v) is 4.69. The number of ether oxygens (including phenoxy) is 2. The van der Waals surface area contributed by atoms with Crippen LogP contribution >= 0.6 is 11.6 Å². The van der Waals surface area contributed by atoms with Gasteiger partial charge in [-0.25, -0.2) is 5.43 Å². The number of benzene rings is 3. The van der Waals surface area contributed by atoms with Gasteiger partial charge in [0.25, 0.3) is 5.91 Å². The minimum Gasteiger partial charge on any atom is -0.494 e. The third kappa shape index (κ3) is 7.46. The van der Waals surface area contributed by atoms with Gasteiger partial charge in [0.1, 0.15) is 18.1 Å². The number of hydrogen-bond donors (Lipinski definition) is 1. The lowest BCUT2D eigenvalue weighted by Gasteiger charge is -2.07. The van der Waals surface area contributed by atoms with Gasteiger partial charge in [-0.3, -0.25) is 4.79 Å². The fourth-order valence-corrected chi connectivity index (χ4v) is 2.82. The zero-order valence-corrected chi connectivity index (χ0v) is 18.1. The maximum absolute atomic E-state index is 12.3. The largest absolute Gasteiger partial charge is 0.494 e. The Balaban J connectivity index is 1.50. The molecular formula is C25H25ClN2O3. The van der Waals surface area contributed by atoms with Crippen molar-refractivity contribution in [2.75, 3.05) is 6.61 Å². The van der Waals surface area contributed by atoms with Crippen LogP contribution in [0.1, 0.15) is 41.3 Å². The van der Waals surface area contributed by atoms with Gasteiger partial charge in [0.15, 0.2) is 0 Å². The number of unbranched alkanes of at least 4 members (excludes halogenated alkanes) is 1. The minimum absolute atomic E-state index is 0.286. The Bertz CT molecular complexity index is 1000. The normalized spacial score (nSPS) is 10.8. The highest BCUT2D eigenvalue weighted by Gasteiger charge is 2.04. The van der Waals surface area contributed by atoms with Crippen molar-refractivity contribution >= 4 is 23.7 Å². The second-order valence-electron chi connectivity index (χ2n) is 6.91. The number of hydrogen-bond acceptors (Lipinski definition) is 4. The molecule has 1 amide bonds. The molecule has 5 nitrogen and oxygen atoms in total. The van der Waals surface area contributed by atoms with E-state index in [0.29, 0.717) is 29.5 Å². The van der Waals surface area contributed by atoms with Crippen LogP contribution in [0.3, 0.4) is 0 Å². The van der Waals surface area contributed by atoms with Gasteiger partial charge in [-0.1, -0.05) is 49.2 Å². The average molecular weight is 437 g/mol. The van der Waals surface area contributed by atoms with Gasteiger partial charge in [-0.05, 0) is 66.1 Å². The van der Waals surface area contributed by atoms with Crippen molar-refractivity contribution in [2.24, 2.45) is 5.10 Å². The van der Waals surface area contributed by atoms with Gasteiger partial charge in [0.05, 0.1) is 12.8 Å². The molecule has 0 fully saturated rings. The summed E-state index contributed by atoms with van der Waals surface area (Å²) >= 11 is 5.90. The SMILES string of the molecule is CCCCOc1ccc(C(=O)N/N=C/c2cccc(OCc3ccc(Cl)cc3)c2)cc1. The highest BCUT2D eigenvalue weighted by molar-refractivity contribution is 6.30. The summed E-state index contributed by atoms with van der Waals surface area (Å²) in [5, 5.41) is 4.74. The third-order valence-electron chi connectivity index (χ3n) is 4.44. The van der Waals surface area contributed by atoms with Crippen LogP contribution in [0.5, 0.6) is 11.5 Å². The summed E-state index contributed by atoms with van der Waals surface area (Å²) in [6, 6.07) is 22.0. The lowest BCUT2D eigenvalue weighted by atomic mass is 10.2. The quantitative estimate of drug-likeness (QED) is 0.246. The fraction of sp³-hybridized carbons (Fsp3) is 0.200. The van der Waals surface area contributed by atoms with E-state index in [2.05, 4.69) is 17.5 Å². The van der Waals surface area contributed by atoms with Crippen molar-refractivity contribution in [2.45, 2.75) is 26.4 Å². The molecule has 0 spiro atoms. The number of halogens is 1. The smallest absolute Gasteiger partial charge is 0.271 e. The van der Waals surface area contributed by atoms with Crippen LogP contribution in [0, 0.1) is 0 Å². The molecule has 31 heavy (non-hydrogen) atoms. The molecule has 0 bridgehead atoms. The van der Waals surface area contributed by atoms with E-state index < -0.39 is 0 Å². The molecule has 6 heteroatoms. The molecule has 0 aromatic heterocycles. The van der Waals surface area contributed by atoms with Crippen LogP contribution in [0.4, 0.5) is 0 Å². The minimum atomic E-state index is -0.286. The number of hydrazone groups is 1. The summed E-state index contributed by atoms with van der Waals surface area (Å²) in [5.74, 6) is 1.18. The Morgan fingerprint density at radius 1 is 1.00 bits per heavy atom. The maximum atomic E-state index is 12.3. The number of amides is 1. The molecule has 0 heterocycles. The van der Waals surface area contributed by atoms with Gasteiger partial charge in [0, 0.05) is 10.6 Å². The van der Waals surface area contributed by atoms with Crippen LogP contribution < -0.4 is 14.9 Å². The standard InChI is InChI=1S/C25H25ClN2O3/c1-2-3-15-30-23-13-9-21(10-14-23)25(29)28-27-17-20-5-4-6-24(16-20)31-18-19-7-11-22(26)12-8-19/h4-14,16-17H,2-3,15,18H2,1H3,(H,28,29)/b27-17+. The van der Waals surface area contributed by atoms with Crippen LogP contribution in [-0.2, 0) is 6.61 Å². The fourth-order valence-electron chi connectivity index (χ4n) is 2.70. The van der Waals surface area contributed by atoms with E-state index in [1.807, 2.05) is 48.5 Å². The highest BCUT2D eigenvalue weighted by Crippen LogP contribution is 2.16. The van der Waals surface area contributed by atoms with Crippen molar-refractivity contribution in [3.05, 3.63) is 94.5 Å². The molecule has 1 N–H and O–H groups in total. The molecule has 0 radical (unpaired) electrons. The number of carbonyl (C=O) groups excluding carboxylic acids is 1. The lowest BCUT2D eigenvalue weighted by molar-refractivity contribution is 0.0955. The Labute approximate surface area is 187 Å². The van der Waals surface area contributed by atoms with E-state index >= 15 is 0 Å². The van der Waals surface area contributed by atoms with Crippen LogP contribution in [-0.4, -0.2) is 18.7 Å². The molecule has 0 aliphatic heterocycles. The first-order valence-corrected chi connectivity index (χ1v) is 10.6. The summed E-state index contributed by atoms with van der Waals surface area (Å²) in [5.41, 5.74) is 4.89. The second kappa shape index (κ2) is 11.8. The van der Waals surface area contributed by atoms with Crippen LogP contribution in [0.2, 0.25) is 5.02 Å². The van der Waals surface area contributed by atoms with Crippen LogP contribution in [0.15, 0.2) is 77.9 Å². The summed E-state index contributed by atoms with van der Waals surface area (Å²) in [6.07, 6.45) is 3.66. The molecule has 160 valence electrons. The zero-order valence-electron chi connectivity index (χ0n) is 17.4. The lowest BCUT2D eigenvalue weighted by Crippen LogP contribution is -2.17. The molecule has 0 unspecified atom stereocenters. The molecule has 0 saturated heterocycles. The van der Waals surface area contributed by atoms with Gasteiger partial charge in [-0.15, -0.1) is 0 Å². The number of nitrogens with one attached hydrogen (secondary N) is 1. The zero-order chi connectivity index (χ0) is 21.9. The topological polar surface area (TPSA) is 59.9 Å². The Kier molecular flexibility index (Phi) is 8.49. The Hall–Kier alpha value is -3.31. The molecule has 0 saturated carbocycles. The monoisotopic (exact) mass is 436 g/mol. The summed E-state index contributed by atoms with van der Waals surface area (Å²) in [6.45, 7) is 3.23. The average Bonchev–Trinajstić information content (AvgIpc) is 2.79. The van der Waals surface area contributed by atoms with Crippen molar-refractivity contribution in [3.8, 4) is 11.5 Å². The highest BCUT2D eigenvalue weighted by atomic mass is 35.5. The first-order chi connectivity index (χ1) is 15.1. The number of rotatable bonds is 10. The predicted octanol–water partition coefficient (Wildman–Crippen LogP) is 5.86. The second-order valence-corrected chi connectivity index (χ2v) is 7.35. The summed E-state index contributed by atoms with van der Waals surface area (Å²) in [4.78, 5) is 12.3. The molecule has 3 aromatic rings. The van der Waals surface area contributed by atoms with Gasteiger partial charge in [-0.2, -0.15) is 5.10 Å². The van der Waals surface area contributed by atoms with E-state index in [1.54, 1.807) is 30.5 Å². The number of carbonyl (C=O) groups is 1. The Morgan fingerprint density at radius 3 is 2.52 bits per heavy atom. The molecule has 3 aromatic carbocycles. The summed E-state index contributed by atoms with van der Waals surface area (Å²) in [7, 11) is 0. The van der Waals surface area contributed by atoms with E-state index in [-0.39, 0.29) is 5.91 Å². The van der Waals surface area contributed by atoms with Gasteiger partial charge < -0.3 is 9.47 Å². The van der Waals surface area contributed by atoms with Gasteiger partial charge >= 0.3 is 0 Å². The molecule has 3 rings (SSSR count). The molecule has 0 aliphatic carbocycles. The predicted molar refractivity (Wildman–Crippen MR) is 124 cm³/mol. The van der Waals surface area contributed by atoms with Crippen molar-refractivity contribution < 1.29 is 14.3 Å². The van der Waals surface area contributed by atoms with E-state index in [4.69, 9.17) is 21.1 Å². The number of nitrogens with zero attached hydrogens (tertiary/aromatic N) is 1. The van der Waals surface area contributed by atoms with Gasteiger partial charge in [0.2, 0.25) is 0 Å².